The minimum atomic E-state index is 0.418. The third-order valence-corrected chi connectivity index (χ3v) is 3.94. The maximum atomic E-state index is 5.65. The van der Waals surface area contributed by atoms with E-state index in [1.165, 1.54) is 5.69 Å². The minimum Gasteiger partial charge on any atom is -0.331 e. The predicted octanol–water partition coefficient (Wildman–Crippen LogP) is 1.83. The monoisotopic (exact) mass is 280 g/mol. The molecule has 0 radical (unpaired) electrons. The van der Waals surface area contributed by atoms with E-state index in [1.807, 2.05) is 12.5 Å². The smallest absolute Gasteiger partial charge is 0.191 e. The lowest BCUT2D eigenvalue weighted by Crippen LogP contribution is -2.08. The van der Waals surface area contributed by atoms with Crippen LogP contribution in [0.5, 0.6) is 0 Å². The number of nitrogens with zero attached hydrogens (tertiary/aromatic N) is 5. The summed E-state index contributed by atoms with van der Waals surface area (Å²) in [5.74, 6) is 1.67. The zero-order chi connectivity index (χ0) is 13.8. The molecule has 0 aliphatic rings. The molecule has 0 saturated carbocycles. The maximum absolute atomic E-state index is 5.65. The highest BCUT2D eigenvalue weighted by atomic mass is 32.2. The summed E-state index contributed by atoms with van der Waals surface area (Å²) in [6.07, 6.45) is 3.78. The Labute approximate surface area is 117 Å². The Morgan fingerprint density at radius 1 is 1.37 bits per heavy atom. The van der Waals surface area contributed by atoms with E-state index in [4.69, 9.17) is 5.73 Å². The van der Waals surface area contributed by atoms with Crippen LogP contribution in [0.1, 0.15) is 38.3 Å². The highest BCUT2D eigenvalue weighted by Gasteiger charge is 2.12. The first kappa shape index (κ1) is 14.1. The van der Waals surface area contributed by atoms with Crippen molar-refractivity contribution in [3.05, 3.63) is 24.0 Å². The normalized spacial score (nSPS) is 11.4. The number of hydrogen-bond acceptors (Lipinski definition) is 5. The molecule has 0 unspecified atom stereocenters. The van der Waals surface area contributed by atoms with Crippen LogP contribution in [-0.4, -0.2) is 24.3 Å². The molecule has 7 heteroatoms. The number of thioether (sulfide) groups is 1. The van der Waals surface area contributed by atoms with Gasteiger partial charge in [-0.2, -0.15) is 0 Å². The van der Waals surface area contributed by atoms with Crippen molar-refractivity contribution in [1.82, 2.24) is 24.3 Å². The van der Waals surface area contributed by atoms with Gasteiger partial charge in [0.15, 0.2) is 5.16 Å². The van der Waals surface area contributed by atoms with Gasteiger partial charge in [-0.3, -0.25) is 0 Å². The average Bonchev–Trinajstić information content (AvgIpc) is 3.01. The first-order chi connectivity index (χ1) is 9.17. The Kier molecular flexibility index (Phi) is 4.60. The second-order valence-corrected chi connectivity index (χ2v) is 5.46. The van der Waals surface area contributed by atoms with E-state index < -0.39 is 0 Å². The number of rotatable bonds is 6. The van der Waals surface area contributed by atoms with Gasteiger partial charge >= 0.3 is 0 Å². The van der Waals surface area contributed by atoms with Gasteiger partial charge in [-0.25, -0.2) is 4.98 Å². The molecule has 0 amide bonds. The molecule has 2 N–H and O–H groups in total. The van der Waals surface area contributed by atoms with Gasteiger partial charge in [0.2, 0.25) is 0 Å². The van der Waals surface area contributed by atoms with Crippen LogP contribution in [0.3, 0.4) is 0 Å². The maximum Gasteiger partial charge on any atom is 0.191 e. The zero-order valence-corrected chi connectivity index (χ0v) is 12.4. The third kappa shape index (κ3) is 2.98. The van der Waals surface area contributed by atoms with E-state index >= 15 is 0 Å². The summed E-state index contributed by atoms with van der Waals surface area (Å²) in [4.78, 5) is 4.21. The molecule has 2 aromatic heterocycles. The Balaban J connectivity index is 2.10. The van der Waals surface area contributed by atoms with Gasteiger partial charge in [0.1, 0.15) is 5.82 Å². The molecular weight excluding hydrogens is 260 g/mol. The summed E-state index contributed by atoms with van der Waals surface area (Å²) in [5, 5.41) is 9.22. The first-order valence-electron chi connectivity index (χ1n) is 6.43. The highest BCUT2D eigenvalue weighted by molar-refractivity contribution is 7.98. The van der Waals surface area contributed by atoms with Crippen molar-refractivity contribution in [2.75, 3.05) is 0 Å². The summed E-state index contributed by atoms with van der Waals surface area (Å²) in [7, 11) is 0. The molecule has 0 saturated heterocycles. The number of nitrogens with two attached hydrogens (primary N) is 1. The quantitative estimate of drug-likeness (QED) is 0.817. The van der Waals surface area contributed by atoms with Crippen molar-refractivity contribution in [3.8, 4) is 0 Å². The van der Waals surface area contributed by atoms with Crippen LogP contribution >= 0.6 is 11.8 Å². The van der Waals surface area contributed by atoms with Gasteiger partial charge in [-0.1, -0.05) is 11.8 Å². The average molecular weight is 280 g/mol. The Morgan fingerprint density at radius 3 is 2.79 bits per heavy atom. The van der Waals surface area contributed by atoms with Gasteiger partial charge in [0.25, 0.3) is 0 Å². The molecule has 104 valence electrons. The van der Waals surface area contributed by atoms with E-state index in [0.717, 1.165) is 23.3 Å². The van der Waals surface area contributed by atoms with Crippen molar-refractivity contribution in [2.45, 2.75) is 50.8 Å². The van der Waals surface area contributed by atoms with Crippen LogP contribution in [0.4, 0.5) is 0 Å². The SMILES string of the molecule is CCn1c(CN)nnc1SCc1cncn1C(C)C. The molecular formula is C12H20N6S. The lowest BCUT2D eigenvalue weighted by Gasteiger charge is -2.11. The second kappa shape index (κ2) is 6.21. The molecule has 0 aliphatic carbocycles. The van der Waals surface area contributed by atoms with E-state index in [0.29, 0.717) is 12.6 Å². The summed E-state index contributed by atoms with van der Waals surface area (Å²) in [6.45, 7) is 7.63. The Morgan fingerprint density at radius 2 is 2.16 bits per heavy atom. The first-order valence-corrected chi connectivity index (χ1v) is 7.41. The molecule has 6 nitrogen and oxygen atoms in total. The minimum absolute atomic E-state index is 0.418. The summed E-state index contributed by atoms with van der Waals surface area (Å²) in [6, 6.07) is 0.418. The van der Waals surface area contributed by atoms with Crippen molar-refractivity contribution < 1.29 is 0 Å². The fourth-order valence-electron chi connectivity index (χ4n) is 1.94. The van der Waals surface area contributed by atoms with E-state index in [1.54, 1.807) is 11.8 Å². The molecule has 0 aliphatic heterocycles. The van der Waals surface area contributed by atoms with Gasteiger partial charge in [-0.05, 0) is 20.8 Å². The largest absolute Gasteiger partial charge is 0.331 e. The van der Waals surface area contributed by atoms with Crippen LogP contribution in [-0.2, 0) is 18.8 Å². The lowest BCUT2D eigenvalue weighted by atomic mass is 10.4. The van der Waals surface area contributed by atoms with Crippen LogP contribution in [0.15, 0.2) is 17.7 Å². The Bertz CT molecular complexity index is 530. The van der Waals surface area contributed by atoms with Crippen LogP contribution in [0, 0.1) is 0 Å². The van der Waals surface area contributed by atoms with Crippen LogP contribution in [0.25, 0.3) is 0 Å². The molecule has 19 heavy (non-hydrogen) atoms. The zero-order valence-electron chi connectivity index (χ0n) is 11.6. The van der Waals surface area contributed by atoms with Crippen molar-refractivity contribution in [2.24, 2.45) is 5.73 Å². The molecule has 2 heterocycles. The molecule has 0 fully saturated rings. The van der Waals surface area contributed by atoms with Gasteiger partial charge in [0.05, 0.1) is 12.9 Å². The van der Waals surface area contributed by atoms with Gasteiger partial charge in [0, 0.05) is 30.2 Å². The number of hydrogen-bond donors (Lipinski definition) is 1. The highest BCUT2D eigenvalue weighted by Crippen LogP contribution is 2.23. The predicted molar refractivity (Wildman–Crippen MR) is 75.8 cm³/mol. The number of imidazole rings is 1. The third-order valence-electron chi connectivity index (χ3n) is 2.94. The van der Waals surface area contributed by atoms with Crippen LogP contribution < -0.4 is 5.73 Å². The summed E-state index contributed by atoms with van der Waals surface area (Å²) in [5.41, 5.74) is 6.84. The second-order valence-electron chi connectivity index (χ2n) is 4.52. The van der Waals surface area contributed by atoms with Crippen molar-refractivity contribution in [3.63, 3.8) is 0 Å². The molecule has 2 aromatic rings. The molecule has 2 rings (SSSR count). The van der Waals surface area contributed by atoms with Crippen molar-refractivity contribution in [1.29, 1.82) is 0 Å². The topological polar surface area (TPSA) is 74.6 Å². The summed E-state index contributed by atoms with van der Waals surface area (Å²) < 4.78 is 4.23. The summed E-state index contributed by atoms with van der Waals surface area (Å²) >= 11 is 1.67. The van der Waals surface area contributed by atoms with Crippen molar-refractivity contribution >= 4 is 11.8 Å². The fraction of sp³-hybridized carbons (Fsp3) is 0.583. The van der Waals surface area contributed by atoms with Gasteiger partial charge < -0.3 is 14.9 Å². The standard InChI is InChI=1S/C12H20N6S/c1-4-17-11(5-13)15-16-12(17)19-7-10-6-14-8-18(10)9(2)3/h6,8-9H,4-5,7,13H2,1-3H3. The molecule has 0 aromatic carbocycles. The fourth-order valence-corrected chi connectivity index (χ4v) is 2.93. The molecule has 0 atom stereocenters. The molecule has 0 spiro atoms. The van der Waals surface area contributed by atoms with Crippen LogP contribution in [0.2, 0.25) is 0 Å². The van der Waals surface area contributed by atoms with E-state index in [-0.39, 0.29) is 0 Å². The van der Waals surface area contributed by atoms with Gasteiger partial charge in [-0.15, -0.1) is 10.2 Å². The number of aromatic nitrogens is 5. The van der Waals surface area contributed by atoms with E-state index in [9.17, 15) is 0 Å². The molecule has 0 bridgehead atoms. The lowest BCUT2D eigenvalue weighted by molar-refractivity contribution is 0.583. The Hall–Kier alpha value is -1.34. The van der Waals surface area contributed by atoms with E-state index in [2.05, 4.69) is 45.1 Å².